The highest BCUT2D eigenvalue weighted by Gasteiger charge is 2.36. The van der Waals surface area contributed by atoms with E-state index in [0.29, 0.717) is 22.5 Å². The van der Waals surface area contributed by atoms with Gasteiger partial charge in [-0.2, -0.15) is 0 Å². The Kier molecular flexibility index (Phi) is 5.22. The molecule has 0 aromatic heterocycles. The highest BCUT2D eigenvalue weighted by Crippen LogP contribution is 2.41. The van der Waals surface area contributed by atoms with Gasteiger partial charge in [0.05, 0.1) is 10.6 Å². The van der Waals surface area contributed by atoms with Crippen molar-refractivity contribution in [2.24, 2.45) is 0 Å². The molecule has 1 aliphatic heterocycles. The molecular formula is C25H19FN2O4S. The maximum atomic E-state index is 13.3. The average Bonchev–Trinajstić information content (AvgIpc) is 3.01. The summed E-state index contributed by atoms with van der Waals surface area (Å²) in [5.41, 5.74) is 1.77. The van der Waals surface area contributed by atoms with Gasteiger partial charge in [-0.3, -0.25) is 9.10 Å². The number of hydrogen-bond donors (Lipinski definition) is 1. The number of benzene rings is 4. The molecule has 0 bridgehead atoms. The van der Waals surface area contributed by atoms with Crippen LogP contribution in [-0.2, 0) is 21.4 Å². The first-order valence-corrected chi connectivity index (χ1v) is 11.7. The van der Waals surface area contributed by atoms with E-state index in [1.54, 1.807) is 54.6 Å². The molecule has 1 aliphatic rings. The Bertz CT molecular complexity index is 1480. The van der Waals surface area contributed by atoms with Gasteiger partial charge in [-0.05, 0) is 47.3 Å². The van der Waals surface area contributed by atoms with Gasteiger partial charge in [-0.25, -0.2) is 12.8 Å². The van der Waals surface area contributed by atoms with Crippen LogP contribution in [0.5, 0.6) is 5.75 Å². The molecule has 8 heteroatoms. The van der Waals surface area contributed by atoms with E-state index in [2.05, 4.69) is 5.32 Å². The molecule has 1 amide bonds. The van der Waals surface area contributed by atoms with Crippen LogP contribution in [0, 0.1) is 5.82 Å². The molecule has 0 saturated carbocycles. The molecule has 1 N–H and O–H groups in total. The largest absolute Gasteiger partial charge is 0.489 e. The lowest BCUT2D eigenvalue weighted by atomic mass is 10.1. The van der Waals surface area contributed by atoms with Crippen molar-refractivity contribution in [3.8, 4) is 5.75 Å². The maximum Gasteiger partial charge on any atom is 0.265 e. The maximum absolute atomic E-state index is 13.3. The van der Waals surface area contributed by atoms with Crippen molar-refractivity contribution in [2.75, 3.05) is 16.2 Å². The molecule has 166 valence electrons. The predicted molar refractivity (Wildman–Crippen MR) is 124 cm³/mol. The molecule has 0 fully saturated rings. The summed E-state index contributed by atoms with van der Waals surface area (Å²) in [4.78, 5) is 13.0. The number of hydrogen-bond acceptors (Lipinski definition) is 4. The predicted octanol–water partition coefficient (Wildman–Crippen LogP) is 4.71. The minimum atomic E-state index is -3.81. The summed E-state index contributed by atoms with van der Waals surface area (Å²) in [5.74, 6) is -0.452. The van der Waals surface area contributed by atoms with Crippen LogP contribution in [-0.4, -0.2) is 20.9 Å². The van der Waals surface area contributed by atoms with Crippen LogP contribution in [0.1, 0.15) is 5.56 Å². The fourth-order valence-electron chi connectivity index (χ4n) is 3.92. The lowest BCUT2D eigenvalue weighted by Gasteiger charge is -2.18. The highest BCUT2D eigenvalue weighted by molar-refractivity contribution is 7.93. The summed E-state index contributed by atoms with van der Waals surface area (Å²) in [6.07, 6.45) is 0. The summed E-state index contributed by atoms with van der Waals surface area (Å²) >= 11 is 0. The first-order valence-electron chi connectivity index (χ1n) is 10.2. The normalized spacial score (nSPS) is 13.8. The van der Waals surface area contributed by atoms with Crippen LogP contribution in [0.15, 0.2) is 89.8 Å². The third kappa shape index (κ3) is 4.01. The number of nitrogens with one attached hydrogen (secondary N) is 1. The molecule has 0 aliphatic carbocycles. The quantitative estimate of drug-likeness (QED) is 0.451. The van der Waals surface area contributed by atoms with Gasteiger partial charge in [0.1, 0.15) is 24.7 Å². The Labute approximate surface area is 190 Å². The number of carbonyl (C=O) groups is 1. The lowest BCUT2D eigenvalue weighted by Crippen LogP contribution is -2.35. The van der Waals surface area contributed by atoms with E-state index in [9.17, 15) is 17.6 Å². The number of sulfonamides is 1. The molecule has 4 aromatic rings. The van der Waals surface area contributed by atoms with Gasteiger partial charge in [-0.15, -0.1) is 0 Å². The minimum Gasteiger partial charge on any atom is -0.489 e. The number of rotatable bonds is 6. The molecule has 0 atom stereocenters. The van der Waals surface area contributed by atoms with E-state index in [1.165, 1.54) is 12.1 Å². The van der Waals surface area contributed by atoms with Gasteiger partial charge in [0, 0.05) is 17.1 Å². The number of carbonyl (C=O) groups excluding carboxylic acids is 1. The van der Waals surface area contributed by atoms with Crippen LogP contribution >= 0.6 is 0 Å². The molecule has 6 nitrogen and oxygen atoms in total. The Balaban J connectivity index is 1.30. The molecule has 1 heterocycles. The van der Waals surface area contributed by atoms with E-state index < -0.39 is 15.9 Å². The van der Waals surface area contributed by atoms with Crippen molar-refractivity contribution in [2.45, 2.75) is 11.5 Å². The van der Waals surface area contributed by atoms with Crippen molar-refractivity contribution in [3.63, 3.8) is 0 Å². The van der Waals surface area contributed by atoms with Crippen molar-refractivity contribution in [1.82, 2.24) is 0 Å². The van der Waals surface area contributed by atoms with Crippen molar-refractivity contribution in [1.29, 1.82) is 0 Å². The summed E-state index contributed by atoms with van der Waals surface area (Å²) in [6, 6.07) is 23.3. The zero-order chi connectivity index (χ0) is 23.0. The second-order valence-electron chi connectivity index (χ2n) is 7.64. The first-order chi connectivity index (χ1) is 15.9. The number of amides is 1. The summed E-state index contributed by atoms with van der Waals surface area (Å²) < 4.78 is 46.1. The van der Waals surface area contributed by atoms with Crippen molar-refractivity contribution < 1.29 is 22.3 Å². The Morgan fingerprint density at radius 2 is 1.70 bits per heavy atom. The van der Waals surface area contributed by atoms with E-state index >= 15 is 0 Å². The van der Waals surface area contributed by atoms with Crippen LogP contribution in [0.4, 0.5) is 15.8 Å². The molecule has 5 rings (SSSR count). The van der Waals surface area contributed by atoms with Crippen LogP contribution in [0.2, 0.25) is 0 Å². The smallest absolute Gasteiger partial charge is 0.265 e. The number of anilines is 2. The average molecular weight is 463 g/mol. The van der Waals surface area contributed by atoms with E-state index in [0.717, 1.165) is 15.3 Å². The van der Waals surface area contributed by atoms with Crippen molar-refractivity contribution >= 4 is 38.1 Å². The van der Waals surface area contributed by atoms with Crippen molar-refractivity contribution in [3.05, 3.63) is 96.3 Å². The molecule has 0 saturated heterocycles. The zero-order valence-corrected chi connectivity index (χ0v) is 18.2. The molecule has 0 radical (unpaired) electrons. The highest BCUT2D eigenvalue weighted by atomic mass is 32.2. The summed E-state index contributed by atoms with van der Waals surface area (Å²) in [7, 11) is -3.81. The van der Waals surface area contributed by atoms with Crippen LogP contribution < -0.4 is 14.4 Å². The Hall–Kier alpha value is -3.91. The zero-order valence-electron chi connectivity index (χ0n) is 17.4. The molecule has 33 heavy (non-hydrogen) atoms. The number of ether oxygens (including phenoxy) is 1. The van der Waals surface area contributed by atoms with Gasteiger partial charge in [-0.1, -0.05) is 42.5 Å². The third-order valence-electron chi connectivity index (χ3n) is 5.38. The lowest BCUT2D eigenvalue weighted by molar-refractivity contribution is -0.114. The Morgan fingerprint density at radius 3 is 2.52 bits per heavy atom. The van der Waals surface area contributed by atoms with Gasteiger partial charge in [0.25, 0.3) is 10.0 Å². The fourth-order valence-corrected chi connectivity index (χ4v) is 5.59. The molecule has 0 unspecified atom stereocenters. The molecular weight excluding hydrogens is 443 g/mol. The van der Waals surface area contributed by atoms with E-state index in [1.807, 2.05) is 18.2 Å². The second kappa shape index (κ2) is 8.22. The fraction of sp³-hybridized carbons (Fsp3) is 0.0800. The summed E-state index contributed by atoms with van der Waals surface area (Å²) in [6.45, 7) is -0.162. The standard InChI is InChI=1S/C25H19FN2O4S/c26-19-8-4-10-21(14-19)32-16-17-5-1-9-20(13-17)27-24(29)15-28-22-11-2-6-18-7-3-12-23(25(18)22)33(28,30)31/h1-14H,15-16H2,(H,27,29). The van der Waals surface area contributed by atoms with Gasteiger partial charge >= 0.3 is 0 Å². The molecule has 0 spiro atoms. The SMILES string of the molecule is O=C(CN1c2cccc3cccc(c23)S1(=O)=O)Nc1cccc(COc2cccc(F)c2)c1. The van der Waals surface area contributed by atoms with Crippen LogP contribution in [0.25, 0.3) is 10.8 Å². The second-order valence-corrected chi connectivity index (χ2v) is 9.47. The number of nitrogens with zero attached hydrogens (tertiary/aromatic N) is 1. The third-order valence-corrected chi connectivity index (χ3v) is 7.18. The monoisotopic (exact) mass is 462 g/mol. The Morgan fingerprint density at radius 1 is 0.939 bits per heavy atom. The molecule has 4 aromatic carbocycles. The number of halogens is 1. The minimum absolute atomic E-state index is 0.185. The topological polar surface area (TPSA) is 75.7 Å². The van der Waals surface area contributed by atoms with Crippen LogP contribution in [0.3, 0.4) is 0 Å². The van der Waals surface area contributed by atoms with E-state index in [4.69, 9.17) is 4.74 Å². The van der Waals surface area contributed by atoms with E-state index in [-0.39, 0.29) is 23.9 Å². The first kappa shape index (κ1) is 21.0. The summed E-state index contributed by atoms with van der Waals surface area (Å²) in [5, 5.41) is 4.19. The van der Waals surface area contributed by atoms with Gasteiger partial charge in [0.2, 0.25) is 5.91 Å². The van der Waals surface area contributed by atoms with Gasteiger partial charge in [0.15, 0.2) is 0 Å². The van der Waals surface area contributed by atoms with Gasteiger partial charge < -0.3 is 10.1 Å².